The third kappa shape index (κ3) is 3.66. The van der Waals surface area contributed by atoms with Crippen molar-refractivity contribution in [2.45, 2.75) is 30.2 Å². The third-order valence-corrected chi connectivity index (χ3v) is 5.78. The molecule has 1 aromatic rings. The molecule has 1 N–H and O–H groups in total. The van der Waals surface area contributed by atoms with Crippen molar-refractivity contribution < 1.29 is 8.42 Å². The molecule has 0 radical (unpaired) electrons. The van der Waals surface area contributed by atoms with Crippen molar-refractivity contribution in [3.05, 3.63) is 18.0 Å². The SMILES string of the molecule is CSCCC(C)N(C)S(=O)(=O)c1c[nH]c(CCl)c1. The Bertz CT molecular complexity index is 473. The Hall–Kier alpha value is -0.170. The molecular formula is C11H19ClN2O2S2. The highest BCUT2D eigenvalue weighted by molar-refractivity contribution is 7.98. The van der Waals surface area contributed by atoms with Gasteiger partial charge in [-0.1, -0.05) is 0 Å². The Morgan fingerprint density at radius 2 is 2.22 bits per heavy atom. The molecule has 0 spiro atoms. The molecule has 0 aliphatic carbocycles. The van der Waals surface area contributed by atoms with Gasteiger partial charge in [-0.15, -0.1) is 11.6 Å². The maximum absolute atomic E-state index is 12.3. The Labute approximate surface area is 118 Å². The number of nitrogens with zero attached hydrogens (tertiary/aromatic N) is 1. The Kier molecular flexibility index (Phi) is 6.04. The van der Waals surface area contributed by atoms with E-state index >= 15 is 0 Å². The van der Waals surface area contributed by atoms with Gasteiger partial charge in [0, 0.05) is 25.0 Å². The predicted octanol–water partition coefficient (Wildman–Crippen LogP) is 2.52. The van der Waals surface area contributed by atoms with Gasteiger partial charge in [0.2, 0.25) is 10.0 Å². The fourth-order valence-corrected chi connectivity index (χ4v) is 3.66. The summed E-state index contributed by atoms with van der Waals surface area (Å²) in [6, 6.07) is 1.57. The lowest BCUT2D eigenvalue weighted by molar-refractivity contribution is 0.382. The maximum Gasteiger partial charge on any atom is 0.244 e. The van der Waals surface area contributed by atoms with E-state index in [1.807, 2.05) is 13.2 Å². The number of sulfonamides is 1. The number of alkyl halides is 1. The third-order valence-electron chi connectivity index (χ3n) is 2.90. The Morgan fingerprint density at radius 1 is 1.56 bits per heavy atom. The Morgan fingerprint density at radius 3 is 2.72 bits per heavy atom. The van der Waals surface area contributed by atoms with Crippen molar-refractivity contribution in [3.63, 3.8) is 0 Å². The van der Waals surface area contributed by atoms with E-state index in [0.717, 1.165) is 12.2 Å². The molecule has 104 valence electrons. The molecule has 1 unspecified atom stereocenters. The summed E-state index contributed by atoms with van der Waals surface area (Å²) in [5, 5.41) is 0. The number of thioether (sulfide) groups is 1. The van der Waals surface area contributed by atoms with Crippen molar-refractivity contribution >= 4 is 33.4 Å². The molecule has 0 saturated heterocycles. The van der Waals surface area contributed by atoms with E-state index in [1.54, 1.807) is 24.9 Å². The van der Waals surface area contributed by atoms with E-state index in [1.165, 1.54) is 10.5 Å². The van der Waals surface area contributed by atoms with Crippen LogP contribution in [0.25, 0.3) is 0 Å². The lowest BCUT2D eigenvalue weighted by Crippen LogP contribution is -2.35. The largest absolute Gasteiger partial charge is 0.363 e. The topological polar surface area (TPSA) is 53.2 Å². The van der Waals surface area contributed by atoms with Gasteiger partial charge in [-0.25, -0.2) is 8.42 Å². The summed E-state index contributed by atoms with van der Waals surface area (Å²) in [5.41, 5.74) is 0.709. The van der Waals surface area contributed by atoms with Crippen molar-refractivity contribution in [1.82, 2.24) is 9.29 Å². The van der Waals surface area contributed by atoms with Crippen LogP contribution in [0.3, 0.4) is 0 Å². The second-order valence-corrected chi connectivity index (χ2v) is 7.40. The van der Waals surface area contributed by atoms with Gasteiger partial charge in [0.05, 0.1) is 10.8 Å². The van der Waals surface area contributed by atoms with Gasteiger partial charge in [-0.3, -0.25) is 0 Å². The minimum atomic E-state index is -3.42. The molecule has 0 bridgehead atoms. The van der Waals surface area contributed by atoms with Gasteiger partial charge < -0.3 is 4.98 Å². The average molecular weight is 311 g/mol. The quantitative estimate of drug-likeness (QED) is 0.787. The average Bonchev–Trinajstić information content (AvgIpc) is 2.84. The van der Waals surface area contributed by atoms with Gasteiger partial charge in [-0.2, -0.15) is 16.1 Å². The zero-order chi connectivity index (χ0) is 13.8. The van der Waals surface area contributed by atoms with Crippen LogP contribution in [0.15, 0.2) is 17.2 Å². The molecule has 1 rings (SSSR count). The first-order chi connectivity index (χ1) is 8.43. The molecule has 1 atom stereocenters. The number of nitrogens with one attached hydrogen (secondary N) is 1. The summed E-state index contributed by atoms with van der Waals surface area (Å²) in [7, 11) is -1.80. The van der Waals surface area contributed by atoms with Crippen LogP contribution in [0.1, 0.15) is 19.0 Å². The van der Waals surface area contributed by atoms with Gasteiger partial charge >= 0.3 is 0 Å². The molecule has 0 fully saturated rings. The number of hydrogen-bond acceptors (Lipinski definition) is 3. The van der Waals surface area contributed by atoms with Crippen LogP contribution in [0.4, 0.5) is 0 Å². The summed E-state index contributed by atoms with van der Waals surface area (Å²) in [6.07, 6.45) is 4.34. The van der Waals surface area contributed by atoms with E-state index in [4.69, 9.17) is 11.6 Å². The summed E-state index contributed by atoms with van der Waals surface area (Å²) in [6.45, 7) is 1.92. The summed E-state index contributed by atoms with van der Waals surface area (Å²) < 4.78 is 26.1. The zero-order valence-corrected chi connectivity index (χ0v) is 13.2. The molecule has 1 heterocycles. The highest BCUT2D eigenvalue weighted by atomic mass is 35.5. The second kappa shape index (κ2) is 6.84. The van der Waals surface area contributed by atoms with Gasteiger partial charge in [-0.05, 0) is 31.4 Å². The minimum absolute atomic E-state index is 0.0169. The standard InChI is InChI=1S/C11H19ClN2O2S2/c1-9(4-5-17-3)14(2)18(15,16)11-6-10(7-12)13-8-11/h6,8-9,13H,4-5,7H2,1-3H3. The smallest absolute Gasteiger partial charge is 0.244 e. The normalized spacial score (nSPS) is 14.1. The van der Waals surface area contributed by atoms with Gasteiger partial charge in [0.1, 0.15) is 0 Å². The summed E-state index contributed by atoms with van der Waals surface area (Å²) >= 11 is 7.37. The highest BCUT2D eigenvalue weighted by Crippen LogP contribution is 2.20. The molecule has 0 amide bonds. The molecule has 0 saturated carbocycles. The molecule has 0 aliphatic heterocycles. The number of hydrogen-bond donors (Lipinski definition) is 1. The van der Waals surface area contributed by atoms with E-state index in [2.05, 4.69) is 4.98 Å². The molecular weight excluding hydrogens is 292 g/mol. The Balaban J connectivity index is 2.85. The van der Waals surface area contributed by atoms with E-state index < -0.39 is 10.0 Å². The maximum atomic E-state index is 12.3. The molecule has 7 heteroatoms. The van der Waals surface area contributed by atoms with Crippen LogP contribution < -0.4 is 0 Å². The first-order valence-corrected chi connectivity index (χ1v) is 9.00. The second-order valence-electron chi connectivity index (χ2n) is 4.15. The molecule has 0 aromatic carbocycles. The number of H-pyrrole nitrogens is 1. The predicted molar refractivity (Wildman–Crippen MR) is 77.8 cm³/mol. The number of rotatable bonds is 7. The molecule has 0 aliphatic rings. The number of halogens is 1. The van der Waals surface area contributed by atoms with Crippen LogP contribution >= 0.6 is 23.4 Å². The number of aromatic amines is 1. The van der Waals surface area contributed by atoms with Crippen LogP contribution in [-0.4, -0.2) is 42.8 Å². The van der Waals surface area contributed by atoms with Gasteiger partial charge in [0.15, 0.2) is 0 Å². The van der Waals surface area contributed by atoms with Crippen molar-refractivity contribution in [3.8, 4) is 0 Å². The zero-order valence-electron chi connectivity index (χ0n) is 10.8. The molecule has 1 aromatic heterocycles. The van der Waals surface area contributed by atoms with Gasteiger partial charge in [0.25, 0.3) is 0 Å². The van der Waals surface area contributed by atoms with Crippen molar-refractivity contribution in [2.24, 2.45) is 0 Å². The summed E-state index contributed by atoms with van der Waals surface area (Å²) in [4.78, 5) is 3.13. The van der Waals surface area contributed by atoms with E-state index in [0.29, 0.717) is 5.69 Å². The van der Waals surface area contributed by atoms with E-state index in [9.17, 15) is 8.42 Å². The molecule has 18 heavy (non-hydrogen) atoms. The summed E-state index contributed by atoms with van der Waals surface area (Å²) in [5.74, 6) is 1.22. The lowest BCUT2D eigenvalue weighted by atomic mass is 10.3. The van der Waals surface area contributed by atoms with Crippen LogP contribution in [-0.2, 0) is 15.9 Å². The molecule has 4 nitrogen and oxygen atoms in total. The fourth-order valence-electron chi connectivity index (χ4n) is 1.52. The highest BCUT2D eigenvalue weighted by Gasteiger charge is 2.25. The van der Waals surface area contributed by atoms with Crippen molar-refractivity contribution in [2.75, 3.05) is 19.1 Å². The first-order valence-electron chi connectivity index (χ1n) is 5.63. The van der Waals surface area contributed by atoms with E-state index in [-0.39, 0.29) is 16.8 Å². The first kappa shape index (κ1) is 15.9. The fraction of sp³-hybridized carbons (Fsp3) is 0.636. The van der Waals surface area contributed by atoms with Crippen LogP contribution in [0, 0.1) is 0 Å². The monoisotopic (exact) mass is 310 g/mol. The van der Waals surface area contributed by atoms with Crippen LogP contribution in [0.5, 0.6) is 0 Å². The van der Waals surface area contributed by atoms with Crippen molar-refractivity contribution in [1.29, 1.82) is 0 Å². The van der Waals surface area contributed by atoms with Crippen LogP contribution in [0.2, 0.25) is 0 Å². The number of aromatic nitrogens is 1. The lowest BCUT2D eigenvalue weighted by Gasteiger charge is -2.23. The minimum Gasteiger partial charge on any atom is -0.363 e.